The van der Waals surface area contributed by atoms with Crippen LogP contribution in [0, 0.1) is 12.7 Å². The molecule has 0 heterocycles. The highest BCUT2D eigenvalue weighted by molar-refractivity contribution is 7.92. The van der Waals surface area contributed by atoms with E-state index in [1.54, 1.807) is 26.0 Å². The molecule has 3 rings (SSSR count). The third-order valence-corrected chi connectivity index (χ3v) is 8.18. The molecule has 1 atom stereocenters. The number of anilines is 1. The van der Waals surface area contributed by atoms with E-state index >= 15 is 0 Å². The molecular formula is C28H31ClFN3O5S. The molecule has 2 amide bonds. The molecule has 3 aromatic rings. The van der Waals surface area contributed by atoms with Crippen LogP contribution in [0.4, 0.5) is 10.1 Å². The maximum atomic E-state index is 13.8. The minimum Gasteiger partial charge on any atom is -0.495 e. The Morgan fingerprint density at radius 1 is 1.05 bits per heavy atom. The Kier molecular flexibility index (Phi) is 9.93. The Morgan fingerprint density at radius 2 is 1.69 bits per heavy atom. The lowest BCUT2D eigenvalue weighted by Crippen LogP contribution is -2.51. The summed E-state index contributed by atoms with van der Waals surface area (Å²) in [6, 6.07) is 15.2. The molecule has 0 aliphatic carbocycles. The van der Waals surface area contributed by atoms with Gasteiger partial charge in [0.2, 0.25) is 11.8 Å². The molecule has 0 aromatic heterocycles. The predicted octanol–water partition coefficient (Wildman–Crippen LogP) is 4.54. The van der Waals surface area contributed by atoms with Crippen LogP contribution in [0.5, 0.6) is 5.75 Å². The average Bonchev–Trinajstić information content (AvgIpc) is 2.91. The number of amides is 2. The minimum absolute atomic E-state index is 0.0188. The van der Waals surface area contributed by atoms with Gasteiger partial charge in [0.25, 0.3) is 10.0 Å². The minimum atomic E-state index is -4.23. The summed E-state index contributed by atoms with van der Waals surface area (Å²) in [5.41, 5.74) is 1.58. The van der Waals surface area contributed by atoms with Gasteiger partial charge in [0.15, 0.2) is 0 Å². The van der Waals surface area contributed by atoms with Crippen molar-refractivity contribution >= 4 is 39.1 Å². The van der Waals surface area contributed by atoms with Crippen molar-refractivity contribution in [2.24, 2.45) is 0 Å². The number of nitrogens with one attached hydrogen (secondary N) is 1. The van der Waals surface area contributed by atoms with E-state index < -0.39 is 40.2 Å². The van der Waals surface area contributed by atoms with Crippen molar-refractivity contribution in [1.29, 1.82) is 0 Å². The Bertz CT molecular complexity index is 1420. The Labute approximate surface area is 233 Å². The third-order valence-electron chi connectivity index (χ3n) is 6.10. The second-order valence-electron chi connectivity index (χ2n) is 8.86. The zero-order valence-corrected chi connectivity index (χ0v) is 23.7. The van der Waals surface area contributed by atoms with E-state index in [0.29, 0.717) is 17.9 Å². The quantitative estimate of drug-likeness (QED) is 0.362. The van der Waals surface area contributed by atoms with Crippen LogP contribution >= 0.6 is 11.6 Å². The number of hydrogen-bond acceptors (Lipinski definition) is 5. The molecule has 8 nitrogen and oxygen atoms in total. The molecule has 0 saturated heterocycles. The van der Waals surface area contributed by atoms with Gasteiger partial charge in [-0.1, -0.05) is 41.4 Å². The number of carbonyl (C=O) groups is 2. The van der Waals surface area contributed by atoms with Gasteiger partial charge in [-0.3, -0.25) is 13.9 Å². The number of sulfonamides is 1. The lowest BCUT2D eigenvalue weighted by atomic mass is 10.1. The number of ether oxygens (including phenoxy) is 1. The van der Waals surface area contributed by atoms with Gasteiger partial charge in [0.1, 0.15) is 24.2 Å². The highest BCUT2D eigenvalue weighted by atomic mass is 35.5. The van der Waals surface area contributed by atoms with Crippen molar-refractivity contribution in [3.8, 4) is 5.75 Å². The highest BCUT2D eigenvalue weighted by Gasteiger charge is 2.32. The third kappa shape index (κ3) is 7.27. The van der Waals surface area contributed by atoms with E-state index in [-0.39, 0.29) is 22.2 Å². The van der Waals surface area contributed by atoms with Crippen molar-refractivity contribution in [2.45, 2.75) is 38.3 Å². The van der Waals surface area contributed by atoms with Crippen LogP contribution in [0.3, 0.4) is 0 Å². The zero-order valence-electron chi connectivity index (χ0n) is 22.1. The van der Waals surface area contributed by atoms with E-state index in [1.165, 1.54) is 66.6 Å². The predicted molar refractivity (Wildman–Crippen MR) is 149 cm³/mol. The van der Waals surface area contributed by atoms with Gasteiger partial charge >= 0.3 is 0 Å². The summed E-state index contributed by atoms with van der Waals surface area (Å²) in [4.78, 5) is 27.8. The monoisotopic (exact) mass is 575 g/mol. The molecule has 0 aliphatic heterocycles. The van der Waals surface area contributed by atoms with E-state index in [2.05, 4.69) is 5.32 Å². The first-order chi connectivity index (χ1) is 18.5. The fourth-order valence-electron chi connectivity index (χ4n) is 3.87. The summed E-state index contributed by atoms with van der Waals surface area (Å²) < 4.78 is 47.3. The molecule has 39 heavy (non-hydrogen) atoms. The molecule has 11 heteroatoms. The molecule has 208 valence electrons. The van der Waals surface area contributed by atoms with E-state index in [0.717, 1.165) is 9.87 Å². The molecule has 0 radical (unpaired) electrons. The van der Waals surface area contributed by atoms with Gasteiger partial charge in [-0.25, -0.2) is 12.8 Å². The van der Waals surface area contributed by atoms with Crippen molar-refractivity contribution < 1.29 is 27.1 Å². The molecule has 1 N–H and O–H groups in total. The smallest absolute Gasteiger partial charge is 0.264 e. The Morgan fingerprint density at radius 3 is 2.26 bits per heavy atom. The molecular weight excluding hydrogens is 545 g/mol. The average molecular weight is 576 g/mol. The molecule has 0 unspecified atom stereocenters. The van der Waals surface area contributed by atoms with Gasteiger partial charge < -0.3 is 15.0 Å². The van der Waals surface area contributed by atoms with Crippen LogP contribution in [-0.2, 0) is 26.2 Å². The summed E-state index contributed by atoms with van der Waals surface area (Å²) in [6.07, 6.45) is 0. The number of carbonyl (C=O) groups excluding carboxylic acids is 2. The van der Waals surface area contributed by atoms with Gasteiger partial charge in [-0.2, -0.15) is 0 Å². The van der Waals surface area contributed by atoms with Crippen LogP contribution in [0.25, 0.3) is 0 Å². The van der Waals surface area contributed by atoms with Gasteiger partial charge in [0.05, 0.1) is 22.7 Å². The number of hydrogen-bond donors (Lipinski definition) is 1. The molecule has 0 aliphatic rings. The number of halogens is 2. The second kappa shape index (κ2) is 12.9. The summed E-state index contributed by atoms with van der Waals surface area (Å²) in [5.74, 6) is -1.16. The van der Waals surface area contributed by atoms with Crippen LogP contribution in [0.1, 0.15) is 25.0 Å². The first-order valence-electron chi connectivity index (χ1n) is 12.2. The number of rotatable bonds is 11. The van der Waals surface area contributed by atoms with E-state index in [4.69, 9.17) is 16.3 Å². The summed E-state index contributed by atoms with van der Waals surface area (Å²) in [5, 5.41) is 2.84. The zero-order chi connectivity index (χ0) is 28.7. The number of nitrogens with zero attached hydrogens (tertiary/aromatic N) is 2. The van der Waals surface area contributed by atoms with Gasteiger partial charge in [-0.05, 0) is 68.8 Å². The lowest BCUT2D eigenvalue weighted by Gasteiger charge is -2.32. The summed E-state index contributed by atoms with van der Waals surface area (Å²) in [6.45, 7) is 4.82. The fraction of sp³-hybridized carbons (Fsp3) is 0.286. The first kappa shape index (κ1) is 29.9. The second-order valence-corrected chi connectivity index (χ2v) is 11.1. The molecule has 0 saturated carbocycles. The Balaban J connectivity index is 2.06. The van der Waals surface area contributed by atoms with Crippen LogP contribution < -0.4 is 14.4 Å². The number of aryl methyl sites for hydroxylation is 1. The largest absolute Gasteiger partial charge is 0.495 e. The van der Waals surface area contributed by atoms with Crippen molar-refractivity contribution in [1.82, 2.24) is 10.2 Å². The Hall–Kier alpha value is -3.63. The molecule has 0 fully saturated rings. The maximum absolute atomic E-state index is 13.8. The standard InChI is InChI=1S/C28H31ClFN3O5S/c1-5-31-28(35)20(3)32(17-21-8-10-22(30)11-9-21)27(34)18-33(23-12-15-26(38-4)25(29)16-23)39(36,37)24-13-6-19(2)7-14-24/h6-16,20H,5,17-18H2,1-4H3,(H,31,35)/t20-/m1/s1. The lowest BCUT2D eigenvalue weighted by molar-refractivity contribution is -0.139. The molecule has 3 aromatic carbocycles. The van der Waals surface area contributed by atoms with Crippen molar-refractivity contribution in [2.75, 3.05) is 24.5 Å². The van der Waals surface area contributed by atoms with Crippen molar-refractivity contribution in [3.05, 3.63) is 88.7 Å². The first-order valence-corrected chi connectivity index (χ1v) is 14.0. The fourth-order valence-corrected chi connectivity index (χ4v) is 5.53. The normalized spacial score (nSPS) is 11.9. The van der Waals surface area contributed by atoms with Gasteiger partial charge in [0, 0.05) is 13.1 Å². The summed E-state index contributed by atoms with van der Waals surface area (Å²) >= 11 is 6.31. The van der Waals surface area contributed by atoms with Crippen molar-refractivity contribution in [3.63, 3.8) is 0 Å². The van der Waals surface area contributed by atoms with Crippen LogP contribution in [0.15, 0.2) is 71.6 Å². The topological polar surface area (TPSA) is 96.0 Å². The molecule has 0 spiro atoms. The number of likely N-dealkylation sites (N-methyl/N-ethyl adjacent to an activating group) is 1. The van der Waals surface area contributed by atoms with Crippen LogP contribution in [0.2, 0.25) is 5.02 Å². The highest BCUT2D eigenvalue weighted by Crippen LogP contribution is 2.32. The van der Waals surface area contributed by atoms with E-state index in [1.807, 2.05) is 6.92 Å². The van der Waals surface area contributed by atoms with Crippen LogP contribution in [-0.4, -0.2) is 51.4 Å². The number of methoxy groups -OCH3 is 1. The SMILES string of the molecule is CCNC(=O)[C@@H](C)N(Cc1ccc(F)cc1)C(=O)CN(c1ccc(OC)c(Cl)c1)S(=O)(=O)c1ccc(C)cc1. The molecule has 0 bridgehead atoms. The maximum Gasteiger partial charge on any atom is 0.264 e. The summed E-state index contributed by atoms with van der Waals surface area (Å²) in [7, 11) is -2.80. The van der Waals surface area contributed by atoms with E-state index in [9.17, 15) is 22.4 Å². The van der Waals surface area contributed by atoms with Gasteiger partial charge in [-0.15, -0.1) is 0 Å². The number of benzene rings is 3.